The minimum absolute atomic E-state index is 0.00289. The molecule has 3 rings (SSSR count). The molecule has 0 radical (unpaired) electrons. The number of piperazine rings is 1. The molecule has 146 valence electrons. The summed E-state index contributed by atoms with van der Waals surface area (Å²) in [6.45, 7) is 6.20. The highest BCUT2D eigenvalue weighted by Gasteiger charge is 2.38. The summed E-state index contributed by atoms with van der Waals surface area (Å²) in [5.74, 6) is -0.406. The van der Waals surface area contributed by atoms with Gasteiger partial charge in [0.2, 0.25) is 11.8 Å². The number of halogens is 2. The van der Waals surface area contributed by atoms with Gasteiger partial charge in [0.15, 0.2) is 0 Å². The van der Waals surface area contributed by atoms with Crippen LogP contribution in [-0.2, 0) is 9.59 Å². The zero-order chi connectivity index (χ0) is 19.7. The Balaban J connectivity index is 1.58. The highest BCUT2D eigenvalue weighted by molar-refractivity contribution is 6.36. The van der Waals surface area contributed by atoms with Gasteiger partial charge in [0.25, 0.3) is 5.91 Å². The van der Waals surface area contributed by atoms with Crippen LogP contribution < -0.4 is 0 Å². The highest BCUT2D eigenvalue weighted by Crippen LogP contribution is 2.25. The normalized spacial score (nSPS) is 20.6. The lowest BCUT2D eigenvalue weighted by Crippen LogP contribution is -2.52. The number of carbonyl (C=O) groups is 3. The molecule has 2 aliphatic heterocycles. The van der Waals surface area contributed by atoms with E-state index in [1.54, 1.807) is 32.9 Å². The van der Waals surface area contributed by atoms with Crippen molar-refractivity contribution >= 4 is 40.9 Å². The predicted octanol–water partition coefficient (Wildman–Crippen LogP) is 2.53. The minimum Gasteiger partial charge on any atom is -0.339 e. The van der Waals surface area contributed by atoms with Crippen molar-refractivity contribution in [2.24, 2.45) is 5.92 Å². The summed E-state index contributed by atoms with van der Waals surface area (Å²) in [6.07, 6.45) is 0.274. The van der Waals surface area contributed by atoms with E-state index in [1.165, 1.54) is 0 Å². The van der Waals surface area contributed by atoms with E-state index < -0.39 is 0 Å². The van der Waals surface area contributed by atoms with E-state index >= 15 is 0 Å². The topological polar surface area (TPSA) is 60.9 Å². The summed E-state index contributed by atoms with van der Waals surface area (Å²) < 4.78 is 0. The Hall–Kier alpha value is -1.79. The molecule has 1 atom stereocenters. The highest BCUT2D eigenvalue weighted by atomic mass is 35.5. The molecule has 0 aliphatic carbocycles. The maximum atomic E-state index is 12.8. The van der Waals surface area contributed by atoms with Gasteiger partial charge in [-0.3, -0.25) is 14.4 Å². The average molecular weight is 412 g/mol. The molecule has 1 aromatic carbocycles. The molecule has 2 aliphatic rings. The molecule has 2 heterocycles. The van der Waals surface area contributed by atoms with Crippen molar-refractivity contribution < 1.29 is 14.4 Å². The fraction of sp³-hybridized carbons (Fsp3) is 0.526. The molecule has 0 spiro atoms. The first kappa shape index (κ1) is 20.0. The first-order valence-corrected chi connectivity index (χ1v) is 9.86. The monoisotopic (exact) mass is 411 g/mol. The van der Waals surface area contributed by atoms with Gasteiger partial charge in [0.05, 0.1) is 16.5 Å². The molecule has 1 aromatic rings. The van der Waals surface area contributed by atoms with Crippen LogP contribution in [0, 0.1) is 5.92 Å². The summed E-state index contributed by atoms with van der Waals surface area (Å²) >= 11 is 12.0. The van der Waals surface area contributed by atoms with Crippen LogP contribution in [0.4, 0.5) is 0 Å². The van der Waals surface area contributed by atoms with E-state index in [2.05, 4.69) is 0 Å². The molecule has 1 unspecified atom stereocenters. The van der Waals surface area contributed by atoms with Crippen LogP contribution in [-0.4, -0.2) is 71.2 Å². The number of hydrogen-bond acceptors (Lipinski definition) is 3. The Morgan fingerprint density at radius 2 is 1.70 bits per heavy atom. The van der Waals surface area contributed by atoms with Crippen molar-refractivity contribution in [3.8, 4) is 0 Å². The third-order valence-electron chi connectivity index (χ3n) is 5.17. The largest absolute Gasteiger partial charge is 0.339 e. The summed E-state index contributed by atoms with van der Waals surface area (Å²) in [6, 6.07) is 4.91. The molecule has 3 amide bonds. The van der Waals surface area contributed by atoms with Crippen LogP contribution in [0.3, 0.4) is 0 Å². The quantitative estimate of drug-likeness (QED) is 0.767. The molecular formula is C19H23Cl2N3O3. The molecule has 2 saturated heterocycles. The number of rotatable bonds is 3. The standard InChI is InChI=1S/C19H23Cl2N3O3/c1-12(2)24-11-13(9-17(24)25)18(26)22-5-7-23(8-6-22)19(27)15-4-3-14(20)10-16(15)21/h3-4,10,12-13H,5-9,11H2,1-2H3. The van der Waals surface area contributed by atoms with E-state index in [0.717, 1.165) is 0 Å². The average Bonchev–Trinajstić information content (AvgIpc) is 3.03. The fourth-order valence-corrected chi connectivity index (χ4v) is 4.11. The summed E-state index contributed by atoms with van der Waals surface area (Å²) in [5, 5.41) is 0.803. The molecule has 6 nitrogen and oxygen atoms in total. The molecule has 0 N–H and O–H groups in total. The summed E-state index contributed by atoms with van der Waals surface area (Å²) in [4.78, 5) is 42.7. The first-order valence-electron chi connectivity index (χ1n) is 9.10. The van der Waals surface area contributed by atoms with Crippen LogP contribution in [0.25, 0.3) is 0 Å². The third kappa shape index (κ3) is 4.22. The molecule has 0 aromatic heterocycles. The van der Waals surface area contributed by atoms with Gasteiger partial charge in [-0.05, 0) is 32.0 Å². The number of carbonyl (C=O) groups excluding carboxylic acids is 3. The SMILES string of the molecule is CC(C)N1CC(C(=O)N2CCN(C(=O)c3ccc(Cl)cc3Cl)CC2)CC1=O. The van der Waals surface area contributed by atoms with Gasteiger partial charge >= 0.3 is 0 Å². The van der Waals surface area contributed by atoms with Crippen LogP contribution in [0.15, 0.2) is 18.2 Å². The Morgan fingerprint density at radius 1 is 1.07 bits per heavy atom. The second kappa shape index (κ2) is 8.07. The molecule has 0 bridgehead atoms. The predicted molar refractivity (Wildman–Crippen MR) is 104 cm³/mol. The van der Waals surface area contributed by atoms with Crippen molar-refractivity contribution in [3.63, 3.8) is 0 Å². The fourth-order valence-electron chi connectivity index (χ4n) is 3.62. The lowest BCUT2D eigenvalue weighted by atomic mass is 10.1. The molecule has 0 saturated carbocycles. The summed E-state index contributed by atoms with van der Waals surface area (Å²) in [5.41, 5.74) is 0.412. The van der Waals surface area contributed by atoms with Gasteiger partial charge in [0.1, 0.15) is 0 Å². The van der Waals surface area contributed by atoms with Gasteiger partial charge in [-0.15, -0.1) is 0 Å². The van der Waals surface area contributed by atoms with Crippen LogP contribution in [0.1, 0.15) is 30.6 Å². The molecule has 8 heteroatoms. The number of benzene rings is 1. The Morgan fingerprint density at radius 3 is 2.26 bits per heavy atom. The van der Waals surface area contributed by atoms with Gasteiger partial charge in [-0.1, -0.05) is 23.2 Å². The van der Waals surface area contributed by atoms with E-state index in [9.17, 15) is 14.4 Å². The van der Waals surface area contributed by atoms with Gasteiger partial charge in [0, 0.05) is 50.2 Å². The van der Waals surface area contributed by atoms with Crippen molar-refractivity contribution in [2.75, 3.05) is 32.7 Å². The Labute approximate surface area is 169 Å². The molecule has 27 heavy (non-hydrogen) atoms. The first-order chi connectivity index (χ1) is 12.8. The van der Waals surface area contributed by atoms with E-state index in [-0.39, 0.29) is 36.1 Å². The van der Waals surface area contributed by atoms with Crippen molar-refractivity contribution in [1.82, 2.24) is 14.7 Å². The summed E-state index contributed by atoms with van der Waals surface area (Å²) in [7, 11) is 0. The van der Waals surface area contributed by atoms with Crippen LogP contribution in [0.5, 0.6) is 0 Å². The Kier molecular flexibility index (Phi) is 5.96. The van der Waals surface area contributed by atoms with E-state index in [1.807, 2.05) is 13.8 Å². The van der Waals surface area contributed by atoms with Crippen molar-refractivity contribution in [2.45, 2.75) is 26.3 Å². The third-order valence-corrected chi connectivity index (χ3v) is 5.72. The lowest BCUT2D eigenvalue weighted by Gasteiger charge is -2.36. The maximum absolute atomic E-state index is 12.8. The molecule has 2 fully saturated rings. The molecular weight excluding hydrogens is 389 g/mol. The van der Waals surface area contributed by atoms with Gasteiger partial charge < -0.3 is 14.7 Å². The zero-order valence-corrected chi connectivity index (χ0v) is 17.0. The number of hydrogen-bond donors (Lipinski definition) is 0. The van der Waals surface area contributed by atoms with Gasteiger partial charge in [-0.2, -0.15) is 0 Å². The smallest absolute Gasteiger partial charge is 0.255 e. The van der Waals surface area contributed by atoms with E-state index in [4.69, 9.17) is 23.2 Å². The number of likely N-dealkylation sites (tertiary alicyclic amines) is 1. The van der Waals surface area contributed by atoms with Crippen LogP contribution in [0.2, 0.25) is 10.0 Å². The lowest BCUT2D eigenvalue weighted by molar-refractivity contribution is -0.137. The second-order valence-electron chi connectivity index (χ2n) is 7.28. The van der Waals surface area contributed by atoms with Crippen LogP contribution >= 0.6 is 23.2 Å². The maximum Gasteiger partial charge on any atom is 0.255 e. The minimum atomic E-state index is -0.284. The zero-order valence-electron chi connectivity index (χ0n) is 15.5. The Bertz CT molecular complexity index is 761. The number of nitrogens with zero attached hydrogens (tertiary/aromatic N) is 3. The van der Waals surface area contributed by atoms with Gasteiger partial charge in [-0.25, -0.2) is 0 Å². The van der Waals surface area contributed by atoms with Crippen molar-refractivity contribution in [1.29, 1.82) is 0 Å². The number of amides is 3. The van der Waals surface area contributed by atoms with E-state index in [0.29, 0.717) is 48.3 Å². The second-order valence-corrected chi connectivity index (χ2v) is 8.13. The van der Waals surface area contributed by atoms with Crippen molar-refractivity contribution in [3.05, 3.63) is 33.8 Å².